The minimum Gasteiger partial charge on any atom is -0.518 e. The molecule has 43 heavy (non-hydrogen) atoms. The van der Waals surface area contributed by atoms with E-state index >= 15 is 0 Å². The van der Waals surface area contributed by atoms with Gasteiger partial charge in [-0.25, -0.2) is 4.79 Å². The zero-order valence-electron chi connectivity index (χ0n) is 26.9. The lowest BCUT2D eigenvalue weighted by molar-refractivity contribution is -0.156. The molecule has 0 aliphatic heterocycles. The van der Waals surface area contributed by atoms with Crippen LogP contribution in [0.15, 0.2) is 48.5 Å². The molecule has 0 saturated heterocycles. The van der Waals surface area contributed by atoms with Crippen molar-refractivity contribution in [2.75, 3.05) is 13.7 Å². The van der Waals surface area contributed by atoms with Crippen molar-refractivity contribution in [1.29, 1.82) is 0 Å². The van der Waals surface area contributed by atoms with Crippen LogP contribution in [0, 0.1) is 5.92 Å². The average molecular weight is 611 g/mol. The molecule has 0 saturated carbocycles. The number of nitrogens with one attached hydrogen (secondary N) is 1. The Balaban J connectivity index is 1.71. The predicted molar refractivity (Wildman–Crippen MR) is 168 cm³/mol. The van der Waals surface area contributed by atoms with Gasteiger partial charge in [0.15, 0.2) is 0 Å². The summed E-state index contributed by atoms with van der Waals surface area (Å²) in [5.74, 6) is -1.97. The number of ether oxygens (including phenoxy) is 2. The van der Waals surface area contributed by atoms with Gasteiger partial charge in [-0.2, -0.15) is 0 Å². The smallest absolute Gasteiger partial charge is 0.407 e. The summed E-state index contributed by atoms with van der Waals surface area (Å²) >= 11 is 0. The van der Waals surface area contributed by atoms with Crippen molar-refractivity contribution in [3.8, 4) is 11.1 Å². The summed E-state index contributed by atoms with van der Waals surface area (Å²) < 4.78 is 16.8. The first-order chi connectivity index (χ1) is 20.0. The van der Waals surface area contributed by atoms with E-state index in [1.54, 1.807) is 34.6 Å². The fourth-order valence-corrected chi connectivity index (χ4v) is 5.88. The molecule has 1 aliphatic rings. The van der Waals surface area contributed by atoms with E-state index in [0.717, 1.165) is 22.3 Å². The zero-order valence-corrected chi connectivity index (χ0v) is 27.9. The molecule has 10 heteroatoms. The molecule has 3 rings (SSSR count). The quantitative estimate of drug-likeness (QED) is 0.250. The second-order valence-corrected chi connectivity index (χ2v) is 17.7. The fourth-order valence-electron chi connectivity index (χ4n) is 5.14. The SMILES string of the molecule is CC(C)[C@H](NC(=O)OCC1c2ccccc2-c2ccccc21)C(=O)N(C)[C@@H](CCC(=O)OC(C)(C)C)C(=O)O[Si](C)(C)C. The van der Waals surface area contributed by atoms with Crippen LogP contribution in [0.4, 0.5) is 4.79 Å². The lowest BCUT2D eigenvalue weighted by Gasteiger charge is -2.33. The molecule has 2 atom stereocenters. The number of nitrogens with zero attached hydrogens (tertiary/aromatic N) is 1. The van der Waals surface area contributed by atoms with E-state index in [4.69, 9.17) is 13.9 Å². The van der Waals surface area contributed by atoms with Gasteiger partial charge in [-0.3, -0.25) is 14.4 Å². The number of likely N-dealkylation sites (N-methyl/N-ethyl adjacent to an activating group) is 1. The molecule has 0 heterocycles. The highest BCUT2D eigenvalue weighted by atomic mass is 28.4. The van der Waals surface area contributed by atoms with Crippen molar-refractivity contribution in [3.05, 3.63) is 59.7 Å². The van der Waals surface area contributed by atoms with E-state index in [9.17, 15) is 19.2 Å². The van der Waals surface area contributed by atoms with Crippen LogP contribution in [0.25, 0.3) is 11.1 Å². The van der Waals surface area contributed by atoms with Crippen LogP contribution in [0.1, 0.15) is 64.5 Å². The summed E-state index contributed by atoms with van der Waals surface area (Å²) in [6.45, 7) is 14.6. The standard InChI is InChI=1S/C33H46N2O7Si/c1-21(2)29(30(37)35(6)27(31(38)42-43(7,8)9)18-19-28(36)41-33(3,4)5)34-32(39)40-20-26-24-16-12-10-14-22(24)23-15-11-13-17-25(23)26/h10-17,21,26-27,29H,18-20H2,1-9H3,(H,34,39)/t27-,29-/m0/s1. The van der Waals surface area contributed by atoms with Gasteiger partial charge in [-0.15, -0.1) is 0 Å². The zero-order chi connectivity index (χ0) is 32.1. The normalized spacial score (nSPS) is 14.3. The molecule has 0 bridgehead atoms. The first-order valence-corrected chi connectivity index (χ1v) is 18.2. The number of carbonyl (C=O) groups excluding carboxylic acids is 4. The maximum Gasteiger partial charge on any atom is 0.407 e. The summed E-state index contributed by atoms with van der Waals surface area (Å²) in [5.41, 5.74) is 3.73. The molecule has 0 aromatic heterocycles. The van der Waals surface area contributed by atoms with Crippen LogP contribution >= 0.6 is 0 Å². The van der Waals surface area contributed by atoms with Crippen LogP contribution < -0.4 is 5.32 Å². The monoisotopic (exact) mass is 610 g/mol. The number of alkyl carbamates (subject to hydrolysis) is 1. The van der Waals surface area contributed by atoms with E-state index in [2.05, 4.69) is 17.4 Å². The van der Waals surface area contributed by atoms with E-state index in [-0.39, 0.29) is 31.3 Å². The average Bonchev–Trinajstić information content (AvgIpc) is 3.21. The van der Waals surface area contributed by atoms with Crippen LogP contribution in [-0.4, -0.2) is 68.5 Å². The molecule has 1 aliphatic carbocycles. The lowest BCUT2D eigenvalue weighted by atomic mass is 9.98. The Kier molecular flexibility index (Phi) is 10.8. The third-order valence-electron chi connectivity index (χ3n) is 7.09. The highest BCUT2D eigenvalue weighted by Crippen LogP contribution is 2.44. The van der Waals surface area contributed by atoms with E-state index < -0.39 is 49.9 Å². The molecule has 0 fully saturated rings. The van der Waals surface area contributed by atoms with Crippen LogP contribution in [0.5, 0.6) is 0 Å². The van der Waals surface area contributed by atoms with E-state index in [1.807, 2.05) is 56.0 Å². The minimum absolute atomic E-state index is 0.0240. The topological polar surface area (TPSA) is 111 Å². The summed E-state index contributed by atoms with van der Waals surface area (Å²) in [4.78, 5) is 53.7. The Bertz CT molecular complexity index is 1280. The number of esters is 1. The van der Waals surface area contributed by atoms with Crippen molar-refractivity contribution >= 4 is 32.3 Å². The van der Waals surface area contributed by atoms with Crippen molar-refractivity contribution < 1.29 is 33.1 Å². The van der Waals surface area contributed by atoms with Crippen LogP contribution in [0.3, 0.4) is 0 Å². The predicted octanol–water partition coefficient (Wildman–Crippen LogP) is 5.88. The largest absolute Gasteiger partial charge is 0.518 e. The first-order valence-electron chi connectivity index (χ1n) is 14.8. The lowest BCUT2D eigenvalue weighted by Crippen LogP contribution is -2.55. The minimum atomic E-state index is -2.30. The molecule has 9 nitrogen and oxygen atoms in total. The third kappa shape index (κ3) is 9.16. The molecule has 1 N–H and O–H groups in total. The van der Waals surface area contributed by atoms with Gasteiger partial charge in [0, 0.05) is 19.4 Å². The van der Waals surface area contributed by atoms with Gasteiger partial charge in [-0.1, -0.05) is 62.4 Å². The molecular formula is C33H46N2O7Si. The second kappa shape index (κ2) is 13.8. The molecular weight excluding hydrogens is 564 g/mol. The molecule has 2 aromatic rings. The Hall–Kier alpha value is -3.66. The number of amides is 2. The third-order valence-corrected chi connectivity index (χ3v) is 7.90. The number of carbonyl (C=O) groups is 4. The summed E-state index contributed by atoms with van der Waals surface area (Å²) in [5, 5.41) is 2.72. The molecule has 0 spiro atoms. The van der Waals surface area contributed by atoms with Crippen molar-refractivity contribution in [2.45, 2.75) is 90.7 Å². The summed E-state index contributed by atoms with van der Waals surface area (Å²) in [7, 11) is -0.813. The Labute approximate surface area is 256 Å². The maximum atomic E-state index is 13.7. The van der Waals surface area contributed by atoms with Gasteiger partial charge in [-0.05, 0) is 75.0 Å². The molecule has 0 unspecified atom stereocenters. The molecule has 2 amide bonds. The highest BCUT2D eigenvalue weighted by Gasteiger charge is 2.37. The van der Waals surface area contributed by atoms with Gasteiger partial charge in [0.2, 0.25) is 14.2 Å². The molecule has 234 valence electrons. The Morgan fingerprint density at radius 1 is 0.930 bits per heavy atom. The second-order valence-electron chi connectivity index (χ2n) is 13.3. The van der Waals surface area contributed by atoms with Gasteiger partial charge >= 0.3 is 18.0 Å². The summed E-state index contributed by atoms with van der Waals surface area (Å²) in [6, 6.07) is 14.1. The number of rotatable bonds is 11. The number of hydrogen-bond acceptors (Lipinski definition) is 7. The molecule has 0 radical (unpaired) electrons. The van der Waals surface area contributed by atoms with Crippen molar-refractivity contribution in [3.63, 3.8) is 0 Å². The Morgan fingerprint density at radius 3 is 1.95 bits per heavy atom. The number of benzene rings is 2. The summed E-state index contributed by atoms with van der Waals surface area (Å²) in [6.07, 6.45) is -0.778. The fraction of sp³-hybridized carbons (Fsp3) is 0.515. The molecule has 2 aromatic carbocycles. The van der Waals surface area contributed by atoms with Crippen LogP contribution in [-0.2, 0) is 28.3 Å². The van der Waals surface area contributed by atoms with Crippen molar-refractivity contribution in [2.24, 2.45) is 5.92 Å². The van der Waals surface area contributed by atoms with Gasteiger partial charge in [0.25, 0.3) is 0 Å². The maximum absolute atomic E-state index is 13.7. The van der Waals surface area contributed by atoms with Gasteiger partial charge in [0.1, 0.15) is 24.3 Å². The Morgan fingerprint density at radius 2 is 1.47 bits per heavy atom. The number of hydrogen-bond donors (Lipinski definition) is 1. The first kappa shape index (κ1) is 33.8. The van der Waals surface area contributed by atoms with E-state index in [1.165, 1.54) is 11.9 Å². The number of fused-ring (bicyclic) bond motifs is 3. The highest BCUT2D eigenvalue weighted by molar-refractivity contribution is 6.71. The van der Waals surface area contributed by atoms with Crippen LogP contribution in [0.2, 0.25) is 19.6 Å². The van der Waals surface area contributed by atoms with E-state index in [0.29, 0.717) is 0 Å². The van der Waals surface area contributed by atoms with Gasteiger partial charge < -0.3 is 24.1 Å². The van der Waals surface area contributed by atoms with Crippen molar-refractivity contribution in [1.82, 2.24) is 10.2 Å². The van der Waals surface area contributed by atoms with Gasteiger partial charge in [0.05, 0.1) is 0 Å².